The van der Waals surface area contributed by atoms with Crippen LogP contribution in [0.15, 0.2) is 0 Å². The summed E-state index contributed by atoms with van der Waals surface area (Å²) in [5.74, 6) is -0.894. The van der Waals surface area contributed by atoms with E-state index in [-0.39, 0.29) is 13.2 Å². The molecule has 13 nitrogen and oxygen atoms in total. The second-order valence-electron chi connectivity index (χ2n) is 20.0. The predicted molar refractivity (Wildman–Crippen MR) is 221 cm³/mol. The Morgan fingerprint density at radius 2 is 0.679 bits per heavy atom. The monoisotopic (exact) mass is 858 g/mol. The van der Waals surface area contributed by atoms with Gasteiger partial charge in [0.1, 0.15) is 62.0 Å². The van der Waals surface area contributed by atoms with Gasteiger partial charge in [0.2, 0.25) is 0 Å². The molecule has 0 aromatic heterocycles. The molecule has 312 valence electrons. The number of carbonyl (C=O) groups is 2. The van der Waals surface area contributed by atoms with Gasteiger partial charge in [0.15, 0.2) is 62.5 Å². The van der Waals surface area contributed by atoms with Crippen LogP contribution in [-0.2, 0) is 59.8 Å². The van der Waals surface area contributed by atoms with Gasteiger partial charge in [-0.25, -0.2) is 0 Å². The molecule has 0 radical (unpaired) electrons. The molecule has 0 amide bonds. The number of hydrogen-bond donors (Lipinski definition) is 0. The van der Waals surface area contributed by atoms with Gasteiger partial charge in [0, 0.05) is 13.8 Å². The SMILES string of the molecule is CC(=O)OCC1OC(O[Si](C)(C)C)[C@@H](O[Si](C)(C)C)C(O[Si](C)(C)C)[C@@H]1O[C@@H]1OC(COC(C)=O)[C@@H](O[Si](C)(C)C)C(O[Si](C)(C)C)[C@@H]1O[Si](C)(C)C. The zero-order valence-corrected chi connectivity index (χ0v) is 42.5. The Bertz CT molecular complexity index is 1190. The van der Waals surface area contributed by atoms with Gasteiger partial charge >= 0.3 is 11.9 Å². The zero-order chi connectivity index (χ0) is 41.1. The second-order valence-corrected chi connectivity index (χ2v) is 46.8. The van der Waals surface area contributed by atoms with Gasteiger partial charge in [-0.2, -0.15) is 0 Å². The molecule has 2 aliphatic heterocycles. The number of rotatable bonds is 18. The highest BCUT2D eigenvalue weighted by Gasteiger charge is 2.57. The Balaban J connectivity index is 2.89. The van der Waals surface area contributed by atoms with Crippen molar-refractivity contribution in [2.24, 2.45) is 0 Å². The summed E-state index contributed by atoms with van der Waals surface area (Å²) in [6.45, 7) is 40.5. The summed E-state index contributed by atoms with van der Waals surface area (Å²) < 4.78 is 73.4. The summed E-state index contributed by atoms with van der Waals surface area (Å²) in [6, 6.07) is 0. The van der Waals surface area contributed by atoms with Crippen LogP contribution in [0.3, 0.4) is 0 Å². The van der Waals surface area contributed by atoms with Gasteiger partial charge in [-0.05, 0) is 118 Å². The molecule has 0 spiro atoms. The van der Waals surface area contributed by atoms with Gasteiger partial charge < -0.3 is 50.2 Å². The molecule has 2 heterocycles. The lowest BCUT2D eigenvalue weighted by atomic mass is 9.97. The summed E-state index contributed by atoms with van der Waals surface area (Å²) in [4.78, 5) is 24.5. The molecule has 19 heteroatoms. The first-order valence-electron chi connectivity index (χ1n) is 18.9. The Kier molecular flexibility index (Phi) is 17.2. The molecule has 5 unspecified atom stereocenters. The fourth-order valence-corrected chi connectivity index (χ4v) is 12.3. The molecule has 2 fully saturated rings. The molecule has 0 bridgehead atoms. The van der Waals surface area contributed by atoms with Crippen molar-refractivity contribution in [2.45, 2.75) is 193 Å². The lowest BCUT2D eigenvalue weighted by Crippen LogP contribution is -2.70. The average molecular weight is 859 g/mol. The molecule has 0 aromatic carbocycles. The van der Waals surface area contributed by atoms with E-state index in [1.165, 1.54) is 13.8 Å². The number of carbonyl (C=O) groups excluding carboxylic acids is 2. The van der Waals surface area contributed by atoms with Crippen molar-refractivity contribution in [2.75, 3.05) is 13.2 Å². The van der Waals surface area contributed by atoms with Crippen LogP contribution in [0.1, 0.15) is 13.8 Å². The molecule has 0 aromatic rings. The average Bonchev–Trinajstić information content (AvgIpc) is 2.88. The van der Waals surface area contributed by atoms with Crippen LogP contribution >= 0.6 is 0 Å². The van der Waals surface area contributed by atoms with Crippen molar-refractivity contribution in [1.82, 2.24) is 0 Å². The van der Waals surface area contributed by atoms with Crippen LogP contribution in [0.4, 0.5) is 0 Å². The molecule has 0 N–H and O–H groups in total. The highest BCUT2D eigenvalue weighted by Crippen LogP contribution is 2.39. The van der Waals surface area contributed by atoms with Crippen molar-refractivity contribution in [1.29, 1.82) is 0 Å². The summed E-state index contributed by atoms with van der Waals surface area (Å²) in [7, 11) is -13.6. The third-order valence-electron chi connectivity index (χ3n) is 7.29. The van der Waals surface area contributed by atoms with Crippen molar-refractivity contribution in [3.05, 3.63) is 0 Å². The minimum absolute atomic E-state index is 0.0735. The number of hydrogen-bond acceptors (Lipinski definition) is 13. The highest BCUT2D eigenvalue weighted by atomic mass is 28.4. The maximum Gasteiger partial charge on any atom is 0.302 e. The Morgan fingerprint density at radius 3 is 1.04 bits per heavy atom. The van der Waals surface area contributed by atoms with Crippen LogP contribution in [-0.4, -0.2) is 136 Å². The van der Waals surface area contributed by atoms with Crippen molar-refractivity contribution in [3.8, 4) is 0 Å². The Morgan fingerprint density at radius 1 is 0.396 bits per heavy atom. The first-order valence-corrected chi connectivity index (χ1v) is 39.4. The second kappa shape index (κ2) is 18.6. The van der Waals surface area contributed by atoms with Crippen molar-refractivity contribution >= 4 is 61.8 Å². The molecule has 0 aliphatic carbocycles. The minimum atomic E-state index is -2.32. The highest BCUT2D eigenvalue weighted by molar-refractivity contribution is 6.71. The first kappa shape index (κ1) is 49.0. The smallest absolute Gasteiger partial charge is 0.302 e. The van der Waals surface area contributed by atoms with Crippen LogP contribution < -0.4 is 0 Å². The lowest BCUT2D eigenvalue weighted by molar-refractivity contribution is -0.345. The normalized spacial score (nSPS) is 30.9. The predicted octanol–water partition coefficient (Wildman–Crippen LogP) is 6.90. The van der Waals surface area contributed by atoms with E-state index < -0.39 is 123 Å². The maximum absolute atomic E-state index is 12.3. The van der Waals surface area contributed by atoms with Gasteiger partial charge in [0.25, 0.3) is 0 Å². The molecule has 2 saturated heterocycles. The van der Waals surface area contributed by atoms with E-state index in [9.17, 15) is 9.59 Å². The van der Waals surface area contributed by atoms with Crippen LogP contribution in [0.5, 0.6) is 0 Å². The fourth-order valence-electron chi connectivity index (χ4n) is 6.00. The van der Waals surface area contributed by atoms with Crippen molar-refractivity contribution < 1.29 is 59.8 Å². The molecular formula is C34H74O13Si6. The van der Waals surface area contributed by atoms with Gasteiger partial charge in [-0.1, -0.05) is 0 Å². The zero-order valence-electron chi connectivity index (χ0n) is 36.5. The van der Waals surface area contributed by atoms with E-state index in [0.29, 0.717) is 0 Å². The van der Waals surface area contributed by atoms with Crippen LogP contribution in [0.2, 0.25) is 118 Å². The summed E-state index contributed by atoms with van der Waals surface area (Å²) >= 11 is 0. The minimum Gasteiger partial charge on any atom is -0.463 e. The fraction of sp³-hybridized carbons (Fsp3) is 0.941. The number of ether oxygens (including phenoxy) is 5. The van der Waals surface area contributed by atoms with Crippen LogP contribution in [0, 0.1) is 0 Å². The summed E-state index contributed by atoms with van der Waals surface area (Å²) in [5.41, 5.74) is 0. The lowest BCUT2D eigenvalue weighted by Gasteiger charge is -2.54. The Hall–Kier alpha value is -0.119. The van der Waals surface area contributed by atoms with E-state index in [1.54, 1.807) is 0 Å². The Labute approximate surface area is 326 Å². The maximum atomic E-state index is 12.3. The first-order chi connectivity index (χ1) is 23.6. The number of esters is 2. The van der Waals surface area contributed by atoms with E-state index in [1.807, 2.05) is 0 Å². The van der Waals surface area contributed by atoms with Gasteiger partial charge in [0.05, 0.1) is 0 Å². The third-order valence-corrected chi connectivity index (χ3v) is 13.1. The quantitative estimate of drug-likeness (QED) is 0.105. The summed E-state index contributed by atoms with van der Waals surface area (Å²) in [5, 5.41) is 0. The molecule has 53 heavy (non-hydrogen) atoms. The standard InChI is InChI=1S/C34H74O13Si6/c1-23(35)37-21-25-27(29(43-49(6,7)8)32(46-52(15,16)17)34(40-25)47-53(18,19)20)41-33-31(45-51(12,13)14)30(44-50(9,10)11)28(42-48(3,4)5)26(39-33)22-38-24(2)36/h25-34H,21-22H2,1-20H3/t25?,26?,27-,28-,29?,30?,31+,32+,33+,34?/m1/s1. The van der Waals surface area contributed by atoms with Gasteiger partial charge in [-0.15, -0.1) is 0 Å². The largest absolute Gasteiger partial charge is 0.463 e. The van der Waals surface area contributed by atoms with Crippen LogP contribution in [0.25, 0.3) is 0 Å². The summed E-state index contributed by atoms with van der Waals surface area (Å²) in [6.07, 6.45) is -7.60. The molecule has 2 rings (SSSR count). The van der Waals surface area contributed by atoms with E-state index in [2.05, 4.69) is 118 Å². The molecule has 2 aliphatic rings. The van der Waals surface area contributed by atoms with E-state index in [0.717, 1.165) is 0 Å². The molecule has 0 saturated carbocycles. The third kappa shape index (κ3) is 18.3. The van der Waals surface area contributed by atoms with E-state index >= 15 is 0 Å². The topological polar surface area (TPSA) is 136 Å². The van der Waals surface area contributed by atoms with Gasteiger partial charge in [-0.3, -0.25) is 9.59 Å². The molecule has 10 atom stereocenters. The molecular weight excluding hydrogens is 785 g/mol. The van der Waals surface area contributed by atoms with E-state index in [4.69, 9.17) is 50.2 Å². The van der Waals surface area contributed by atoms with Crippen molar-refractivity contribution in [3.63, 3.8) is 0 Å².